The van der Waals surface area contributed by atoms with Gasteiger partial charge in [-0.15, -0.1) is 0 Å². The summed E-state index contributed by atoms with van der Waals surface area (Å²) >= 11 is 3.99. The molecule has 1 aromatic carbocycles. The summed E-state index contributed by atoms with van der Waals surface area (Å²) in [5, 5.41) is 0. The highest BCUT2D eigenvalue weighted by Gasteiger charge is 2.18. The molecule has 106 valence electrons. The third kappa shape index (κ3) is 5.76. The van der Waals surface area contributed by atoms with Crippen LogP contribution in [0.1, 0.15) is 19.4 Å². The molecule has 0 saturated carbocycles. The molecule has 0 unspecified atom stereocenters. The Morgan fingerprint density at radius 3 is 2.47 bits per heavy atom. The summed E-state index contributed by atoms with van der Waals surface area (Å²) in [5.74, 6) is 0.522. The molecule has 1 atom stereocenters. The first-order valence-electron chi connectivity index (χ1n) is 5.96. The number of esters is 1. The normalized spacial score (nSPS) is 12.3. The van der Waals surface area contributed by atoms with Crippen LogP contribution in [0.3, 0.4) is 0 Å². The molecular formula is C13H19NO3S2. The highest BCUT2D eigenvalue weighted by Crippen LogP contribution is 2.16. The average Bonchev–Trinajstić information content (AvgIpc) is 2.39. The molecule has 0 aromatic heterocycles. The highest BCUT2D eigenvalue weighted by molar-refractivity contribution is 8.67. The van der Waals surface area contributed by atoms with E-state index in [1.807, 2.05) is 38.1 Å². The van der Waals surface area contributed by atoms with Crippen LogP contribution >= 0.6 is 22.6 Å². The second kappa shape index (κ2) is 8.35. The zero-order chi connectivity index (χ0) is 14.3. The summed E-state index contributed by atoms with van der Waals surface area (Å²) in [6.45, 7) is 3.96. The van der Waals surface area contributed by atoms with Crippen LogP contribution in [0.4, 0.5) is 0 Å². The molecule has 0 amide bonds. The molecule has 4 nitrogen and oxygen atoms in total. The van der Waals surface area contributed by atoms with E-state index in [9.17, 15) is 4.79 Å². The molecule has 1 N–H and O–H groups in total. The quantitative estimate of drug-likeness (QED) is 0.351. The van der Waals surface area contributed by atoms with Crippen LogP contribution in [-0.4, -0.2) is 25.2 Å². The Labute approximate surface area is 123 Å². The molecule has 1 rings (SSSR count). The predicted molar refractivity (Wildman–Crippen MR) is 81.4 cm³/mol. The standard InChI is InChI=1S/C13H19NO3S2/c1-9(2)17-11-6-4-10(5-7-11)8-12(14-19-18)13(15)16-3/h4-7,9,12,14,18H,8H2,1-3H3/t12-/m0/s1. The Morgan fingerprint density at radius 2 is 2.00 bits per heavy atom. The van der Waals surface area contributed by atoms with Crippen molar-refractivity contribution in [3.63, 3.8) is 0 Å². The molecule has 0 radical (unpaired) electrons. The molecule has 0 heterocycles. The molecule has 0 aliphatic rings. The van der Waals surface area contributed by atoms with Crippen molar-refractivity contribution in [3.8, 4) is 5.75 Å². The van der Waals surface area contributed by atoms with Crippen molar-refractivity contribution in [1.82, 2.24) is 4.72 Å². The second-order valence-electron chi connectivity index (χ2n) is 4.30. The van der Waals surface area contributed by atoms with Gasteiger partial charge < -0.3 is 9.47 Å². The topological polar surface area (TPSA) is 47.6 Å². The lowest BCUT2D eigenvalue weighted by atomic mass is 10.1. The van der Waals surface area contributed by atoms with Gasteiger partial charge in [0.2, 0.25) is 0 Å². The van der Waals surface area contributed by atoms with Gasteiger partial charge in [-0.25, -0.2) is 4.72 Å². The lowest BCUT2D eigenvalue weighted by Crippen LogP contribution is -2.34. The minimum absolute atomic E-state index is 0.149. The second-order valence-corrected chi connectivity index (χ2v) is 5.27. The summed E-state index contributed by atoms with van der Waals surface area (Å²) in [6.07, 6.45) is 0.693. The van der Waals surface area contributed by atoms with E-state index in [1.165, 1.54) is 7.11 Å². The minimum atomic E-state index is -0.413. The maximum Gasteiger partial charge on any atom is 0.324 e. The molecule has 0 saturated heterocycles. The van der Waals surface area contributed by atoms with Crippen LogP contribution in [0, 0.1) is 0 Å². The minimum Gasteiger partial charge on any atom is -0.491 e. The van der Waals surface area contributed by atoms with Gasteiger partial charge in [0.05, 0.1) is 13.2 Å². The first kappa shape index (κ1) is 16.2. The third-order valence-electron chi connectivity index (χ3n) is 2.42. The van der Waals surface area contributed by atoms with Crippen molar-refractivity contribution in [1.29, 1.82) is 0 Å². The van der Waals surface area contributed by atoms with E-state index in [2.05, 4.69) is 16.4 Å². The van der Waals surface area contributed by atoms with Crippen molar-refractivity contribution in [2.24, 2.45) is 0 Å². The van der Waals surface area contributed by atoms with E-state index in [1.54, 1.807) is 0 Å². The smallest absolute Gasteiger partial charge is 0.324 e. The molecule has 0 aliphatic heterocycles. The maximum absolute atomic E-state index is 11.6. The van der Waals surface area contributed by atoms with Gasteiger partial charge in [0.15, 0.2) is 0 Å². The van der Waals surface area contributed by atoms with Crippen molar-refractivity contribution < 1.29 is 14.3 Å². The Kier molecular flexibility index (Phi) is 7.12. The molecule has 0 bridgehead atoms. The fourth-order valence-corrected chi connectivity index (χ4v) is 2.28. The van der Waals surface area contributed by atoms with E-state index in [4.69, 9.17) is 9.47 Å². The number of thiol groups is 1. The van der Waals surface area contributed by atoms with E-state index in [0.29, 0.717) is 6.42 Å². The number of methoxy groups -OCH3 is 1. The summed E-state index contributed by atoms with van der Waals surface area (Å²) in [4.78, 5) is 11.6. The largest absolute Gasteiger partial charge is 0.491 e. The van der Waals surface area contributed by atoms with Crippen molar-refractivity contribution in [2.75, 3.05) is 7.11 Å². The van der Waals surface area contributed by atoms with Crippen LogP contribution in [0.25, 0.3) is 0 Å². The number of carbonyl (C=O) groups excluding carboxylic acids is 1. The molecule has 0 spiro atoms. The molecular weight excluding hydrogens is 282 g/mol. The lowest BCUT2D eigenvalue weighted by Gasteiger charge is -2.15. The van der Waals surface area contributed by atoms with Gasteiger partial charge in [-0.05, 0) is 48.9 Å². The average molecular weight is 301 g/mol. The number of rotatable bonds is 7. The van der Waals surface area contributed by atoms with Crippen LogP contribution in [0.5, 0.6) is 5.75 Å². The van der Waals surface area contributed by atoms with Gasteiger partial charge in [-0.2, -0.15) is 0 Å². The van der Waals surface area contributed by atoms with Gasteiger partial charge in [-0.1, -0.05) is 23.8 Å². The molecule has 1 aromatic rings. The number of carbonyl (C=O) groups is 1. The molecule has 0 aliphatic carbocycles. The lowest BCUT2D eigenvalue weighted by molar-refractivity contribution is -0.142. The van der Waals surface area contributed by atoms with Crippen molar-refractivity contribution in [2.45, 2.75) is 32.4 Å². The van der Waals surface area contributed by atoms with Crippen LogP contribution in [0.2, 0.25) is 0 Å². The monoisotopic (exact) mass is 301 g/mol. The van der Waals surface area contributed by atoms with Crippen molar-refractivity contribution >= 4 is 28.6 Å². The highest BCUT2D eigenvalue weighted by atomic mass is 33.1. The van der Waals surface area contributed by atoms with E-state index >= 15 is 0 Å². The first-order chi connectivity index (χ1) is 9.06. The third-order valence-corrected chi connectivity index (χ3v) is 3.12. The Balaban J connectivity index is 2.66. The Bertz CT molecular complexity index is 395. The summed E-state index contributed by atoms with van der Waals surface area (Å²) in [6, 6.07) is 7.27. The summed E-state index contributed by atoms with van der Waals surface area (Å²) in [7, 11) is 2.48. The van der Waals surface area contributed by atoms with Crippen LogP contribution < -0.4 is 9.46 Å². The Morgan fingerprint density at radius 1 is 1.37 bits per heavy atom. The number of nitrogens with one attached hydrogen (secondary N) is 1. The number of ether oxygens (including phenoxy) is 2. The van der Waals surface area contributed by atoms with Crippen LogP contribution in [0.15, 0.2) is 24.3 Å². The maximum atomic E-state index is 11.6. The molecule has 6 heteroatoms. The first-order valence-corrected chi connectivity index (χ1v) is 7.83. The van der Waals surface area contributed by atoms with Gasteiger partial charge >= 0.3 is 5.97 Å². The van der Waals surface area contributed by atoms with E-state index in [0.717, 1.165) is 22.3 Å². The summed E-state index contributed by atoms with van der Waals surface area (Å²) in [5.41, 5.74) is 1.03. The van der Waals surface area contributed by atoms with E-state index < -0.39 is 6.04 Å². The van der Waals surface area contributed by atoms with Gasteiger partial charge in [-0.3, -0.25) is 4.79 Å². The van der Waals surface area contributed by atoms with Crippen molar-refractivity contribution in [3.05, 3.63) is 29.8 Å². The summed E-state index contributed by atoms with van der Waals surface area (Å²) < 4.78 is 13.2. The zero-order valence-electron chi connectivity index (χ0n) is 11.3. The fraction of sp³-hybridized carbons (Fsp3) is 0.462. The van der Waals surface area contributed by atoms with E-state index in [-0.39, 0.29) is 12.1 Å². The SMILES string of the molecule is COC(=O)[C@H](Cc1ccc(OC(C)C)cc1)NSS. The number of hydrogen-bond donors (Lipinski definition) is 2. The zero-order valence-corrected chi connectivity index (χ0v) is 13.0. The molecule has 19 heavy (non-hydrogen) atoms. The van der Waals surface area contributed by atoms with Crippen LogP contribution in [-0.2, 0) is 16.0 Å². The Hall–Kier alpha value is -0.850. The number of hydrogen-bond acceptors (Lipinski definition) is 6. The predicted octanol–water partition coefficient (Wildman–Crippen LogP) is 2.64. The van der Waals surface area contributed by atoms with Gasteiger partial charge in [0.25, 0.3) is 0 Å². The van der Waals surface area contributed by atoms with Gasteiger partial charge in [0, 0.05) is 0 Å². The molecule has 0 fully saturated rings. The fourth-order valence-electron chi connectivity index (χ4n) is 1.59. The number of benzene rings is 1. The van der Waals surface area contributed by atoms with Gasteiger partial charge in [0.1, 0.15) is 11.8 Å².